The lowest BCUT2D eigenvalue weighted by atomic mass is 9.89. The van der Waals surface area contributed by atoms with Crippen LogP contribution in [0.3, 0.4) is 0 Å². The number of ether oxygens (including phenoxy) is 1. The van der Waals surface area contributed by atoms with Gasteiger partial charge in [0, 0.05) is 21.0 Å². The van der Waals surface area contributed by atoms with E-state index in [2.05, 4.69) is 60.7 Å². The lowest BCUT2D eigenvalue weighted by Crippen LogP contribution is -2.19. The SMILES string of the molecule is c1ccc2c(c1)CC(c1ccc3c(c1)CC(c1ccc4c(c1)SCCC4)S3)CO2. The van der Waals surface area contributed by atoms with Crippen molar-refractivity contribution < 1.29 is 4.74 Å². The number of aryl methyl sites for hydroxylation is 1. The molecule has 2 unspecified atom stereocenters. The molecule has 3 aliphatic rings. The second-order valence-electron chi connectivity index (χ2n) is 8.32. The van der Waals surface area contributed by atoms with Gasteiger partial charge >= 0.3 is 0 Å². The van der Waals surface area contributed by atoms with E-state index in [1.807, 2.05) is 23.5 Å². The van der Waals surface area contributed by atoms with Gasteiger partial charge in [0.1, 0.15) is 5.75 Å². The Balaban J connectivity index is 1.23. The van der Waals surface area contributed by atoms with E-state index >= 15 is 0 Å². The average Bonchev–Trinajstić information content (AvgIpc) is 3.22. The second kappa shape index (κ2) is 7.45. The molecule has 0 bridgehead atoms. The summed E-state index contributed by atoms with van der Waals surface area (Å²) in [6.45, 7) is 0.786. The van der Waals surface area contributed by atoms with Crippen LogP contribution >= 0.6 is 23.5 Å². The quantitative estimate of drug-likeness (QED) is 0.453. The van der Waals surface area contributed by atoms with Crippen molar-refractivity contribution in [2.45, 2.75) is 46.6 Å². The van der Waals surface area contributed by atoms with Gasteiger partial charge in [0.15, 0.2) is 0 Å². The summed E-state index contributed by atoms with van der Waals surface area (Å²) in [5, 5.41) is 0.552. The Labute approximate surface area is 181 Å². The molecule has 6 rings (SSSR count). The number of hydrogen-bond acceptors (Lipinski definition) is 3. The smallest absolute Gasteiger partial charge is 0.122 e. The molecule has 3 aliphatic heterocycles. The van der Waals surface area contributed by atoms with Gasteiger partial charge in [-0.3, -0.25) is 0 Å². The molecule has 0 N–H and O–H groups in total. The van der Waals surface area contributed by atoms with Crippen LogP contribution in [0.2, 0.25) is 0 Å². The van der Waals surface area contributed by atoms with Gasteiger partial charge in [-0.2, -0.15) is 0 Å². The first kappa shape index (κ1) is 18.0. The minimum Gasteiger partial charge on any atom is -0.493 e. The molecule has 0 radical (unpaired) electrons. The maximum absolute atomic E-state index is 6.05. The number of hydrogen-bond donors (Lipinski definition) is 0. The Hall–Kier alpha value is -1.84. The van der Waals surface area contributed by atoms with E-state index < -0.39 is 0 Å². The van der Waals surface area contributed by atoms with Gasteiger partial charge in [0.2, 0.25) is 0 Å². The highest BCUT2D eigenvalue weighted by Gasteiger charge is 2.27. The molecular formula is C26H24OS2. The number of rotatable bonds is 2. The van der Waals surface area contributed by atoms with Crippen molar-refractivity contribution in [3.05, 3.63) is 88.5 Å². The van der Waals surface area contributed by atoms with Crippen molar-refractivity contribution in [1.82, 2.24) is 0 Å². The minimum atomic E-state index is 0.458. The van der Waals surface area contributed by atoms with Crippen LogP contribution in [0, 0.1) is 0 Å². The van der Waals surface area contributed by atoms with Gasteiger partial charge in [0.25, 0.3) is 0 Å². The Morgan fingerprint density at radius 3 is 2.72 bits per heavy atom. The molecular weight excluding hydrogens is 392 g/mol. The van der Waals surface area contributed by atoms with Crippen molar-refractivity contribution in [1.29, 1.82) is 0 Å². The first-order valence-electron chi connectivity index (χ1n) is 10.6. The molecule has 0 saturated carbocycles. The zero-order chi connectivity index (χ0) is 19.2. The lowest BCUT2D eigenvalue weighted by molar-refractivity contribution is 0.262. The van der Waals surface area contributed by atoms with E-state index in [1.165, 1.54) is 50.6 Å². The van der Waals surface area contributed by atoms with Crippen molar-refractivity contribution in [2.75, 3.05) is 12.4 Å². The summed E-state index contributed by atoms with van der Waals surface area (Å²) in [5.41, 5.74) is 7.33. The fourth-order valence-electron chi connectivity index (χ4n) is 4.81. The van der Waals surface area contributed by atoms with Gasteiger partial charge in [-0.25, -0.2) is 0 Å². The average molecular weight is 417 g/mol. The lowest BCUT2D eigenvalue weighted by Gasteiger charge is -2.26. The summed E-state index contributed by atoms with van der Waals surface area (Å²) < 4.78 is 6.05. The van der Waals surface area contributed by atoms with E-state index in [0.717, 1.165) is 25.2 Å². The fraction of sp³-hybridized carbons (Fsp3) is 0.308. The summed E-state index contributed by atoms with van der Waals surface area (Å²) >= 11 is 4.08. The molecule has 0 spiro atoms. The van der Waals surface area contributed by atoms with E-state index in [-0.39, 0.29) is 0 Å². The summed E-state index contributed by atoms with van der Waals surface area (Å²) in [6.07, 6.45) is 4.78. The summed E-state index contributed by atoms with van der Waals surface area (Å²) in [4.78, 5) is 2.98. The van der Waals surface area contributed by atoms with Crippen LogP contribution in [-0.4, -0.2) is 12.4 Å². The van der Waals surface area contributed by atoms with Crippen molar-refractivity contribution >= 4 is 23.5 Å². The Morgan fingerprint density at radius 2 is 1.72 bits per heavy atom. The van der Waals surface area contributed by atoms with Gasteiger partial charge in [0.05, 0.1) is 6.61 Å². The fourth-order valence-corrected chi connectivity index (χ4v) is 7.18. The van der Waals surface area contributed by atoms with Gasteiger partial charge in [-0.15, -0.1) is 23.5 Å². The van der Waals surface area contributed by atoms with Gasteiger partial charge in [-0.1, -0.05) is 42.5 Å². The monoisotopic (exact) mass is 416 g/mol. The molecule has 2 atom stereocenters. The molecule has 0 fully saturated rings. The standard InChI is InChI=1S/C26H24OS2/c1-2-6-23-19(4-1)13-22(16-27-23)18-9-10-24-21(12-18)15-26(29-24)20-8-7-17-5-3-11-28-25(17)14-20/h1-2,4,6-10,12,14,22,26H,3,5,11,13,15-16H2. The van der Waals surface area contributed by atoms with Gasteiger partial charge < -0.3 is 4.74 Å². The normalized spacial score (nSPS) is 22.3. The number of thioether (sulfide) groups is 2. The minimum absolute atomic E-state index is 0.458. The highest BCUT2D eigenvalue weighted by Crippen LogP contribution is 2.48. The third kappa shape index (κ3) is 3.39. The van der Waals surface area contributed by atoms with Crippen LogP contribution < -0.4 is 4.74 Å². The van der Waals surface area contributed by atoms with Crippen molar-refractivity contribution in [3.63, 3.8) is 0 Å². The Bertz CT molecular complexity index is 1070. The van der Waals surface area contributed by atoms with Crippen LogP contribution in [0.1, 0.15) is 45.4 Å². The zero-order valence-corrected chi connectivity index (χ0v) is 18.0. The molecule has 0 aromatic heterocycles. The van der Waals surface area contributed by atoms with Crippen LogP contribution in [-0.2, 0) is 19.3 Å². The molecule has 0 saturated heterocycles. The predicted molar refractivity (Wildman–Crippen MR) is 123 cm³/mol. The van der Waals surface area contributed by atoms with Crippen LogP contribution in [0.4, 0.5) is 0 Å². The predicted octanol–water partition coefficient (Wildman–Crippen LogP) is 6.83. The molecule has 146 valence electrons. The van der Waals surface area contributed by atoms with Crippen LogP contribution in [0.15, 0.2) is 70.5 Å². The molecule has 0 aliphatic carbocycles. The first-order valence-corrected chi connectivity index (χ1v) is 12.5. The van der Waals surface area contributed by atoms with Crippen molar-refractivity contribution in [3.8, 4) is 5.75 Å². The van der Waals surface area contributed by atoms with E-state index in [9.17, 15) is 0 Å². The maximum Gasteiger partial charge on any atom is 0.122 e. The van der Waals surface area contributed by atoms with Gasteiger partial charge in [-0.05, 0) is 77.5 Å². The van der Waals surface area contributed by atoms with Crippen LogP contribution in [0.25, 0.3) is 0 Å². The third-order valence-electron chi connectivity index (χ3n) is 6.42. The molecule has 3 aromatic rings. The zero-order valence-electron chi connectivity index (χ0n) is 16.4. The number of benzene rings is 3. The number of para-hydroxylation sites is 1. The molecule has 3 heterocycles. The largest absolute Gasteiger partial charge is 0.493 e. The molecule has 29 heavy (non-hydrogen) atoms. The third-order valence-corrected chi connectivity index (χ3v) is 8.98. The highest BCUT2D eigenvalue weighted by atomic mass is 32.2. The molecule has 3 heteroatoms. The van der Waals surface area contributed by atoms with E-state index in [0.29, 0.717) is 11.2 Å². The topological polar surface area (TPSA) is 9.23 Å². The maximum atomic E-state index is 6.05. The van der Waals surface area contributed by atoms with Crippen LogP contribution in [0.5, 0.6) is 5.75 Å². The summed E-state index contributed by atoms with van der Waals surface area (Å²) in [6, 6.07) is 22.8. The van der Waals surface area contributed by atoms with E-state index in [4.69, 9.17) is 4.74 Å². The Kier molecular flexibility index (Phi) is 4.61. The van der Waals surface area contributed by atoms with Crippen molar-refractivity contribution in [2.24, 2.45) is 0 Å². The summed E-state index contributed by atoms with van der Waals surface area (Å²) in [7, 11) is 0. The second-order valence-corrected chi connectivity index (χ2v) is 10.7. The molecule has 3 aromatic carbocycles. The first-order chi connectivity index (χ1) is 14.3. The highest BCUT2D eigenvalue weighted by molar-refractivity contribution is 8.00. The summed E-state index contributed by atoms with van der Waals surface area (Å²) in [5.74, 6) is 2.79. The van der Waals surface area contributed by atoms with E-state index in [1.54, 1.807) is 5.56 Å². The molecule has 1 nitrogen and oxygen atoms in total. The molecule has 0 amide bonds. The number of fused-ring (bicyclic) bond motifs is 3. The Morgan fingerprint density at radius 1 is 0.793 bits per heavy atom.